The van der Waals surface area contributed by atoms with E-state index in [-0.39, 0.29) is 5.82 Å². The van der Waals surface area contributed by atoms with E-state index in [0.717, 1.165) is 10.9 Å². The summed E-state index contributed by atoms with van der Waals surface area (Å²) in [6.45, 7) is 0. The van der Waals surface area contributed by atoms with Gasteiger partial charge in [0.2, 0.25) is 0 Å². The summed E-state index contributed by atoms with van der Waals surface area (Å²) in [6.07, 6.45) is 1.72. The number of pyridine rings is 1. The summed E-state index contributed by atoms with van der Waals surface area (Å²) in [5.74, 6) is 0.371. The van der Waals surface area contributed by atoms with Gasteiger partial charge in [0.1, 0.15) is 17.1 Å². The fraction of sp³-hybridized carbons (Fsp3) is 0. The Hall–Kier alpha value is -2.36. The second-order valence-corrected chi connectivity index (χ2v) is 4.12. The van der Waals surface area contributed by atoms with Gasteiger partial charge in [-0.25, -0.2) is 4.39 Å². The van der Waals surface area contributed by atoms with Gasteiger partial charge in [-0.15, -0.1) is 0 Å². The zero-order chi connectivity index (χ0) is 13.1. The standard InChI is InChI=1S/C15H10BFNO/c17-13-7-2-6-12(10-13)16-19-14-8-1-4-11-5-3-9-18-15(11)14/h1-10H. The van der Waals surface area contributed by atoms with Crippen LogP contribution < -0.4 is 10.1 Å². The van der Waals surface area contributed by atoms with Crippen molar-refractivity contribution < 1.29 is 9.04 Å². The molecule has 0 aliphatic heterocycles. The molecule has 0 atom stereocenters. The highest BCUT2D eigenvalue weighted by Gasteiger charge is 2.05. The number of hydrogen-bond donors (Lipinski definition) is 0. The van der Waals surface area contributed by atoms with Gasteiger partial charge in [-0.1, -0.05) is 30.3 Å². The third-order valence-electron chi connectivity index (χ3n) is 2.77. The van der Waals surface area contributed by atoms with Crippen molar-refractivity contribution >= 4 is 23.8 Å². The molecule has 0 aliphatic carbocycles. The van der Waals surface area contributed by atoms with Gasteiger partial charge in [-0.05, 0) is 29.7 Å². The van der Waals surface area contributed by atoms with Crippen molar-refractivity contribution in [2.45, 2.75) is 0 Å². The maximum atomic E-state index is 13.1. The molecule has 0 fully saturated rings. The molecule has 0 bridgehead atoms. The molecule has 1 heterocycles. The molecular formula is C15H10BFNO. The van der Waals surface area contributed by atoms with Crippen molar-refractivity contribution in [1.29, 1.82) is 0 Å². The highest BCUT2D eigenvalue weighted by Crippen LogP contribution is 2.22. The topological polar surface area (TPSA) is 22.1 Å². The molecule has 0 aliphatic rings. The molecule has 3 aromatic rings. The van der Waals surface area contributed by atoms with Crippen molar-refractivity contribution in [3.8, 4) is 5.75 Å². The van der Waals surface area contributed by atoms with Crippen LogP contribution in [0.15, 0.2) is 60.8 Å². The number of halogens is 1. The molecule has 0 saturated heterocycles. The predicted octanol–water partition coefficient (Wildman–Crippen LogP) is 2.70. The minimum atomic E-state index is -0.284. The number of nitrogens with zero attached hydrogens (tertiary/aromatic N) is 1. The summed E-state index contributed by atoms with van der Waals surface area (Å²) in [7, 11) is 1.52. The van der Waals surface area contributed by atoms with Gasteiger partial charge in [0.15, 0.2) is 0 Å². The number of hydrogen-bond acceptors (Lipinski definition) is 2. The summed E-state index contributed by atoms with van der Waals surface area (Å²) in [5, 5.41) is 1.01. The summed E-state index contributed by atoms with van der Waals surface area (Å²) < 4.78 is 18.7. The van der Waals surface area contributed by atoms with E-state index in [2.05, 4.69) is 4.98 Å². The predicted molar refractivity (Wildman–Crippen MR) is 74.2 cm³/mol. The fourth-order valence-electron chi connectivity index (χ4n) is 1.88. The highest BCUT2D eigenvalue weighted by atomic mass is 19.1. The lowest BCUT2D eigenvalue weighted by atomic mass is 9.88. The molecule has 0 amide bonds. The zero-order valence-corrected chi connectivity index (χ0v) is 10.1. The van der Waals surface area contributed by atoms with Crippen molar-refractivity contribution in [1.82, 2.24) is 4.98 Å². The first-order chi connectivity index (χ1) is 9.33. The van der Waals surface area contributed by atoms with Crippen LogP contribution in [0, 0.1) is 5.82 Å². The Kier molecular flexibility index (Phi) is 3.15. The van der Waals surface area contributed by atoms with E-state index >= 15 is 0 Å². The van der Waals surface area contributed by atoms with Gasteiger partial charge in [0.25, 0.3) is 0 Å². The molecule has 0 saturated carbocycles. The van der Waals surface area contributed by atoms with Gasteiger partial charge >= 0.3 is 7.48 Å². The molecule has 0 spiro atoms. The van der Waals surface area contributed by atoms with E-state index < -0.39 is 0 Å². The summed E-state index contributed by atoms with van der Waals surface area (Å²) in [6, 6.07) is 15.8. The van der Waals surface area contributed by atoms with Crippen LogP contribution in [0.2, 0.25) is 0 Å². The maximum absolute atomic E-state index is 13.1. The number of fused-ring (bicyclic) bond motifs is 1. The van der Waals surface area contributed by atoms with Crippen molar-refractivity contribution in [2.75, 3.05) is 0 Å². The Morgan fingerprint density at radius 3 is 2.74 bits per heavy atom. The largest absolute Gasteiger partial charge is 0.556 e. The van der Waals surface area contributed by atoms with Crippen LogP contribution in [0.1, 0.15) is 0 Å². The zero-order valence-electron chi connectivity index (χ0n) is 10.1. The molecule has 3 rings (SSSR count). The average molecular weight is 250 g/mol. The normalized spacial score (nSPS) is 10.4. The second-order valence-electron chi connectivity index (χ2n) is 4.12. The Bertz CT molecular complexity index is 712. The van der Waals surface area contributed by atoms with Gasteiger partial charge < -0.3 is 4.65 Å². The van der Waals surface area contributed by atoms with Crippen LogP contribution in [-0.4, -0.2) is 12.5 Å². The Labute approximate surface area is 111 Å². The Morgan fingerprint density at radius 1 is 1.00 bits per heavy atom. The van der Waals surface area contributed by atoms with Crippen LogP contribution in [0.4, 0.5) is 4.39 Å². The number of aromatic nitrogens is 1. The van der Waals surface area contributed by atoms with Crippen LogP contribution >= 0.6 is 0 Å². The van der Waals surface area contributed by atoms with Gasteiger partial charge in [0, 0.05) is 11.6 Å². The van der Waals surface area contributed by atoms with Crippen molar-refractivity contribution in [2.24, 2.45) is 0 Å². The first kappa shape index (κ1) is 11.7. The average Bonchev–Trinajstić information content (AvgIpc) is 2.45. The third kappa shape index (κ3) is 2.57. The minimum absolute atomic E-state index is 0.284. The molecule has 19 heavy (non-hydrogen) atoms. The fourth-order valence-corrected chi connectivity index (χ4v) is 1.88. The molecule has 2 nitrogen and oxygen atoms in total. The quantitative estimate of drug-likeness (QED) is 0.667. The van der Waals surface area contributed by atoms with E-state index in [0.29, 0.717) is 11.2 Å². The molecule has 91 valence electrons. The third-order valence-corrected chi connectivity index (χ3v) is 2.77. The van der Waals surface area contributed by atoms with Crippen molar-refractivity contribution in [3.63, 3.8) is 0 Å². The van der Waals surface area contributed by atoms with E-state index in [1.54, 1.807) is 18.3 Å². The van der Waals surface area contributed by atoms with E-state index in [4.69, 9.17) is 4.65 Å². The van der Waals surface area contributed by atoms with Crippen molar-refractivity contribution in [3.05, 3.63) is 66.6 Å². The molecule has 4 heteroatoms. The SMILES string of the molecule is Fc1cccc([B]Oc2cccc3cccnc23)c1. The molecule has 1 radical (unpaired) electrons. The highest BCUT2D eigenvalue weighted by molar-refractivity contribution is 6.47. The lowest BCUT2D eigenvalue weighted by Crippen LogP contribution is -2.20. The summed E-state index contributed by atoms with van der Waals surface area (Å²) in [4.78, 5) is 4.29. The van der Waals surface area contributed by atoms with Crippen LogP contribution in [-0.2, 0) is 0 Å². The summed E-state index contributed by atoms with van der Waals surface area (Å²) in [5.41, 5.74) is 1.46. The number of para-hydroxylation sites is 1. The molecule has 0 N–H and O–H groups in total. The number of benzene rings is 2. The van der Waals surface area contributed by atoms with Crippen LogP contribution in [0.5, 0.6) is 5.75 Å². The summed E-state index contributed by atoms with van der Waals surface area (Å²) >= 11 is 0. The Balaban J connectivity index is 1.86. The van der Waals surface area contributed by atoms with Gasteiger partial charge in [-0.2, -0.15) is 0 Å². The lowest BCUT2D eigenvalue weighted by molar-refractivity contribution is 0.607. The molecular weight excluding hydrogens is 240 g/mol. The van der Waals surface area contributed by atoms with Gasteiger partial charge in [0.05, 0.1) is 0 Å². The Morgan fingerprint density at radius 2 is 1.84 bits per heavy atom. The molecule has 1 aromatic heterocycles. The van der Waals surface area contributed by atoms with Gasteiger partial charge in [-0.3, -0.25) is 4.98 Å². The van der Waals surface area contributed by atoms with Crippen LogP contribution in [0.3, 0.4) is 0 Å². The lowest BCUT2D eigenvalue weighted by Gasteiger charge is -2.07. The monoisotopic (exact) mass is 250 g/mol. The van der Waals surface area contributed by atoms with E-state index in [1.807, 2.05) is 30.3 Å². The first-order valence-electron chi connectivity index (χ1n) is 5.92. The van der Waals surface area contributed by atoms with E-state index in [9.17, 15) is 4.39 Å². The number of rotatable bonds is 3. The first-order valence-corrected chi connectivity index (χ1v) is 5.92. The smallest absolute Gasteiger partial charge is 0.409 e. The second kappa shape index (κ2) is 5.10. The molecule has 2 aromatic carbocycles. The van der Waals surface area contributed by atoms with E-state index in [1.165, 1.54) is 19.6 Å². The molecule has 0 unspecified atom stereocenters. The minimum Gasteiger partial charge on any atom is -0.556 e. The van der Waals surface area contributed by atoms with Crippen LogP contribution in [0.25, 0.3) is 10.9 Å². The maximum Gasteiger partial charge on any atom is 0.409 e.